The van der Waals surface area contributed by atoms with Crippen LogP contribution < -0.4 is 4.74 Å². The lowest BCUT2D eigenvalue weighted by Gasteiger charge is -2.17. The van der Waals surface area contributed by atoms with Gasteiger partial charge >= 0.3 is 0 Å². The lowest BCUT2D eigenvalue weighted by Crippen LogP contribution is -1.98. The van der Waals surface area contributed by atoms with Crippen LogP contribution in [-0.4, -0.2) is 17.0 Å². The van der Waals surface area contributed by atoms with Crippen LogP contribution in [0.3, 0.4) is 0 Å². The lowest BCUT2D eigenvalue weighted by atomic mass is 9.88. The summed E-state index contributed by atoms with van der Waals surface area (Å²) in [5.74, 6) is 1.13. The van der Waals surface area contributed by atoms with Crippen molar-refractivity contribution in [3.63, 3.8) is 0 Å². The zero-order chi connectivity index (χ0) is 19.1. The molecule has 1 N–H and O–H groups in total. The minimum Gasteiger partial charge on any atom is -0.508 e. The summed E-state index contributed by atoms with van der Waals surface area (Å²) in [5, 5.41) is 10.5. The minimum atomic E-state index is 0.273. The van der Waals surface area contributed by atoms with Gasteiger partial charge in [0.15, 0.2) is 0 Å². The monoisotopic (exact) mass is 422 g/mol. The average Bonchev–Trinajstić information content (AvgIpc) is 2.72. The molecule has 0 atom stereocenters. The Labute approximate surface area is 169 Å². The molecule has 0 aliphatic heterocycles. The fourth-order valence-corrected chi connectivity index (χ4v) is 3.34. The zero-order valence-corrected chi connectivity index (χ0v) is 16.9. The van der Waals surface area contributed by atoms with E-state index in [0.29, 0.717) is 6.61 Å². The van der Waals surface area contributed by atoms with E-state index in [4.69, 9.17) is 4.74 Å². The number of benzene rings is 3. The van der Waals surface area contributed by atoms with E-state index in [1.807, 2.05) is 30.3 Å². The summed E-state index contributed by atoms with van der Waals surface area (Å²) in [5.41, 5.74) is 5.88. The molecule has 0 spiro atoms. The highest BCUT2D eigenvalue weighted by molar-refractivity contribution is 9.09. The molecule has 0 aromatic heterocycles. The maximum absolute atomic E-state index is 9.70. The predicted molar refractivity (Wildman–Crippen MR) is 116 cm³/mol. The number of halogens is 1. The Morgan fingerprint density at radius 2 is 1.41 bits per heavy atom. The van der Waals surface area contributed by atoms with E-state index in [0.717, 1.165) is 28.6 Å². The molecule has 0 bridgehead atoms. The van der Waals surface area contributed by atoms with Gasteiger partial charge in [-0.2, -0.15) is 0 Å². The molecule has 0 aliphatic rings. The molecule has 0 saturated heterocycles. The summed E-state index contributed by atoms with van der Waals surface area (Å²) in [6.45, 7) is 2.82. The molecule has 3 heteroatoms. The zero-order valence-electron chi connectivity index (χ0n) is 15.4. The normalized spacial score (nSPS) is 11.8. The molecule has 3 aromatic carbocycles. The summed E-state index contributed by atoms with van der Waals surface area (Å²) in [6.07, 6.45) is 0.905. The van der Waals surface area contributed by atoms with Crippen molar-refractivity contribution in [1.82, 2.24) is 0 Å². The molecule has 27 heavy (non-hydrogen) atoms. The molecule has 3 rings (SSSR count). The maximum Gasteiger partial charge on any atom is 0.119 e. The Balaban J connectivity index is 2.13. The maximum atomic E-state index is 9.70. The largest absolute Gasteiger partial charge is 0.508 e. The highest BCUT2D eigenvalue weighted by Crippen LogP contribution is 2.35. The summed E-state index contributed by atoms with van der Waals surface area (Å²) in [7, 11) is 0. The van der Waals surface area contributed by atoms with Crippen molar-refractivity contribution >= 4 is 27.1 Å². The van der Waals surface area contributed by atoms with Gasteiger partial charge in [-0.25, -0.2) is 0 Å². The second-order valence-corrected chi connectivity index (χ2v) is 6.97. The van der Waals surface area contributed by atoms with Gasteiger partial charge < -0.3 is 9.84 Å². The predicted octanol–water partition coefficient (Wildman–Crippen LogP) is 6.54. The van der Waals surface area contributed by atoms with Gasteiger partial charge in [0, 0.05) is 5.33 Å². The Hall–Kier alpha value is -2.52. The molecular formula is C24H23BrO2. The third-order valence-electron chi connectivity index (χ3n) is 4.42. The van der Waals surface area contributed by atoms with E-state index < -0.39 is 0 Å². The first-order valence-electron chi connectivity index (χ1n) is 9.10. The van der Waals surface area contributed by atoms with Gasteiger partial charge in [0.05, 0.1) is 6.61 Å². The van der Waals surface area contributed by atoms with Gasteiger partial charge in [-0.3, -0.25) is 0 Å². The number of ether oxygens (including phenoxy) is 1. The number of rotatable bonds is 7. The highest BCUT2D eigenvalue weighted by atomic mass is 79.9. The summed E-state index contributed by atoms with van der Waals surface area (Å²) in [6, 6.07) is 26.1. The van der Waals surface area contributed by atoms with Crippen LogP contribution >= 0.6 is 15.9 Å². The quantitative estimate of drug-likeness (QED) is 0.346. The highest BCUT2D eigenvalue weighted by Gasteiger charge is 2.13. The Morgan fingerprint density at radius 3 is 1.96 bits per heavy atom. The van der Waals surface area contributed by atoms with Crippen molar-refractivity contribution in [1.29, 1.82) is 0 Å². The van der Waals surface area contributed by atoms with Crippen LogP contribution in [0.2, 0.25) is 0 Å². The van der Waals surface area contributed by atoms with Crippen LogP contribution in [0, 0.1) is 0 Å². The molecule has 0 unspecified atom stereocenters. The summed E-state index contributed by atoms with van der Waals surface area (Å²) in [4.78, 5) is 0. The molecule has 0 heterocycles. The van der Waals surface area contributed by atoms with Crippen LogP contribution in [0.15, 0.2) is 78.9 Å². The molecule has 138 valence electrons. The Morgan fingerprint density at radius 1 is 0.815 bits per heavy atom. The number of alkyl halides is 1. The second kappa shape index (κ2) is 9.43. The van der Waals surface area contributed by atoms with Gasteiger partial charge in [0.1, 0.15) is 11.5 Å². The number of phenolic OH excluding ortho intramolecular Hbond substituents is 1. The SMILES string of the molecule is CC/C(=C(\c1ccc(O)cc1)c1ccc(OCCBr)cc1)c1ccccc1. The fraction of sp³-hybridized carbons (Fsp3) is 0.167. The molecule has 2 nitrogen and oxygen atoms in total. The molecular weight excluding hydrogens is 400 g/mol. The fourth-order valence-electron chi connectivity index (χ4n) is 3.18. The summed E-state index contributed by atoms with van der Waals surface area (Å²) >= 11 is 3.38. The lowest BCUT2D eigenvalue weighted by molar-refractivity contribution is 0.345. The van der Waals surface area contributed by atoms with Gasteiger partial charge in [0.2, 0.25) is 0 Å². The van der Waals surface area contributed by atoms with E-state index >= 15 is 0 Å². The van der Waals surface area contributed by atoms with Gasteiger partial charge in [-0.1, -0.05) is 77.5 Å². The van der Waals surface area contributed by atoms with E-state index in [1.54, 1.807) is 12.1 Å². The topological polar surface area (TPSA) is 29.5 Å². The molecule has 0 radical (unpaired) electrons. The minimum absolute atomic E-state index is 0.273. The number of phenols is 1. The van der Waals surface area contributed by atoms with Crippen LogP contribution in [0.25, 0.3) is 11.1 Å². The Kier molecular flexibility index (Phi) is 6.72. The van der Waals surface area contributed by atoms with Crippen molar-refractivity contribution in [2.75, 3.05) is 11.9 Å². The van der Waals surface area contributed by atoms with E-state index in [9.17, 15) is 5.11 Å². The van der Waals surface area contributed by atoms with Crippen LogP contribution in [0.1, 0.15) is 30.0 Å². The number of hydrogen-bond donors (Lipinski definition) is 1. The number of allylic oxidation sites excluding steroid dienone is 1. The number of aromatic hydroxyl groups is 1. The van der Waals surface area contributed by atoms with Crippen molar-refractivity contribution in [3.8, 4) is 11.5 Å². The number of hydrogen-bond acceptors (Lipinski definition) is 2. The van der Waals surface area contributed by atoms with Gasteiger partial charge in [0.25, 0.3) is 0 Å². The third kappa shape index (κ3) is 4.81. The van der Waals surface area contributed by atoms with E-state index in [1.165, 1.54) is 16.7 Å². The molecule has 0 fully saturated rings. The van der Waals surface area contributed by atoms with Crippen LogP contribution in [-0.2, 0) is 0 Å². The standard InChI is InChI=1S/C24H23BrO2/c1-2-23(18-6-4-3-5-7-18)24(19-8-12-21(26)13-9-19)20-10-14-22(15-11-20)27-17-16-25/h3-15,26H,2,16-17H2,1H3/b24-23-. The molecule has 3 aromatic rings. The second-order valence-electron chi connectivity index (χ2n) is 6.18. The molecule has 0 saturated carbocycles. The van der Waals surface area contributed by atoms with Crippen LogP contribution in [0.4, 0.5) is 0 Å². The van der Waals surface area contributed by atoms with Crippen molar-refractivity contribution in [3.05, 3.63) is 95.6 Å². The first kappa shape index (κ1) is 19.2. The average molecular weight is 423 g/mol. The molecule has 0 amide bonds. The van der Waals surface area contributed by atoms with E-state index in [2.05, 4.69) is 59.3 Å². The first-order chi connectivity index (χ1) is 13.2. The van der Waals surface area contributed by atoms with Crippen molar-refractivity contribution in [2.45, 2.75) is 13.3 Å². The van der Waals surface area contributed by atoms with Gasteiger partial charge in [-0.05, 0) is 58.5 Å². The van der Waals surface area contributed by atoms with Crippen molar-refractivity contribution in [2.24, 2.45) is 0 Å². The van der Waals surface area contributed by atoms with Crippen molar-refractivity contribution < 1.29 is 9.84 Å². The first-order valence-corrected chi connectivity index (χ1v) is 10.2. The Bertz CT molecular complexity index is 882. The molecule has 0 aliphatic carbocycles. The van der Waals surface area contributed by atoms with E-state index in [-0.39, 0.29) is 5.75 Å². The van der Waals surface area contributed by atoms with Gasteiger partial charge in [-0.15, -0.1) is 0 Å². The third-order valence-corrected chi connectivity index (χ3v) is 4.75. The smallest absolute Gasteiger partial charge is 0.119 e. The summed E-state index contributed by atoms with van der Waals surface area (Å²) < 4.78 is 5.69. The van der Waals surface area contributed by atoms with Crippen LogP contribution in [0.5, 0.6) is 11.5 Å².